The number of rotatable bonds is 5. The van der Waals surface area contributed by atoms with E-state index in [2.05, 4.69) is 9.97 Å². The number of aromatic nitrogens is 2. The summed E-state index contributed by atoms with van der Waals surface area (Å²) in [6, 6.07) is 12.6. The molecule has 6 nitrogen and oxygen atoms in total. The molecule has 2 aromatic carbocycles. The van der Waals surface area contributed by atoms with Crippen molar-refractivity contribution >= 4 is 53.5 Å². The van der Waals surface area contributed by atoms with E-state index in [0.29, 0.717) is 9.87 Å². The fourth-order valence-corrected chi connectivity index (χ4v) is 5.17. The molecule has 28 heavy (non-hydrogen) atoms. The number of nitrogens with zero attached hydrogens (tertiary/aromatic N) is 2. The van der Waals surface area contributed by atoms with Gasteiger partial charge in [-0.2, -0.15) is 0 Å². The van der Waals surface area contributed by atoms with Crippen LogP contribution in [0.4, 0.5) is 4.79 Å². The zero-order valence-corrected chi connectivity index (χ0v) is 18.2. The standard InChI is InChI=1S/C20H18AsN2O4S/c1-20(2,3)27-19(26)21-16-10-17(23-11-22-16)28-13-7-8-14-12(9-13)5-4-6-15(14)18(24)25/h4-11H,1-3H3,(H,24,25). The molecular weight excluding hydrogens is 439 g/mol. The van der Waals surface area contributed by atoms with Gasteiger partial charge in [0.05, 0.1) is 0 Å². The van der Waals surface area contributed by atoms with Gasteiger partial charge in [-0.1, -0.05) is 0 Å². The van der Waals surface area contributed by atoms with Crippen molar-refractivity contribution in [2.75, 3.05) is 0 Å². The van der Waals surface area contributed by atoms with Crippen molar-refractivity contribution in [3.8, 4) is 0 Å². The molecule has 3 rings (SSSR count). The number of aromatic carboxylic acids is 1. The van der Waals surface area contributed by atoms with Gasteiger partial charge in [0.15, 0.2) is 0 Å². The Balaban J connectivity index is 1.79. The van der Waals surface area contributed by atoms with E-state index in [1.165, 1.54) is 18.1 Å². The molecule has 1 radical (unpaired) electrons. The van der Waals surface area contributed by atoms with Gasteiger partial charge in [-0.3, -0.25) is 0 Å². The Morgan fingerprint density at radius 2 is 1.89 bits per heavy atom. The number of hydrogen-bond donors (Lipinski definition) is 1. The molecule has 0 saturated heterocycles. The van der Waals surface area contributed by atoms with Crippen LogP contribution in [0.2, 0.25) is 0 Å². The van der Waals surface area contributed by atoms with Crippen molar-refractivity contribution < 1.29 is 19.4 Å². The fraction of sp³-hybridized carbons (Fsp3) is 0.200. The average molecular weight is 457 g/mol. The third-order valence-electron chi connectivity index (χ3n) is 3.53. The van der Waals surface area contributed by atoms with E-state index < -0.39 is 27.3 Å². The van der Waals surface area contributed by atoms with Crippen LogP contribution in [-0.2, 0) is 4.74 Å². The molecule has 143 valence electrons. The number of carboxylic acid groups (broad SMARTS) is 1. The van der Waals surface area contributed by atoms with Gasteiger partial charge in [0, 0.05) is 0 Å². The van der Waals surface area contributed by atoms with E-state index in [4.69, 9.17) is 4.74 Å². The van der Waals surface area contributed by atoms with E-state index >= 15 is 0 Å². The normalized spacial score (nSPS) is 11.8. The first-order chi connectivity index (χ1) is 13.2. The van der Waals surface area contributed by atoms with Gasteiger partial charge < -0.3 is 0 Å². The number of carboxylic acids is 1. The van der Waals surface area contributed by atoms with E-state index in [1.807, 2.05) is 39.0 Å². The van der Waals surface area contributed by atoms with Crippen LogP contribution in [0.15, 0.2) is 58.7 Å². The first-order valence-electron chi connectivity index (χ1n) is 8.42. The zero-order chi connectivity index (χ0) is 20.3. The second kappa shape index (κ2) is 8.33. The third kappa shape index (κ3) is 5.33. The van der Waals surface area contributed by atoms with Crippen molar-refractivity contribution in [3.05, 3.63) is 54.4 Å². The summed E-state index contributed by atoms with van der Waals surface area (Å²) >= 11 is 0.572. The summed E-state index contributed by atoms with van der Waals surface area (Å²) in [5.74, 6) is -0.947. The van der Waals surface area contributed by atoms with Crippen molar-refractivity contribution in [2.45, 2.75) is 36.3 Å². The molecule has 3 aromatic rings. The molecule has 1 aromatic heterocycles. The van der Waals surface area contributed by atoms with Crippen LogP contribution in [-0.4, -0.2) is 47.2 Å². The first-order valence-corrected chi connectivity index (χ1v) is 11.1. The minimum atomic E-state index is -0.947. The van der Waals surface area contributed by atoms with Gasteiger partial charge in [-0.25, -0.2) is 0 Å². The van der Waals surface area contributed by atoms with Crippen LogP contribution >= 0.6 is 11.8 Å². The molecule has 0 bridgehead atoms. The van der Waals surface area contributed by atoms with E-state index in [0.717, 1.165) is 15.3 Å². The summed E-state index contributed by atoms with van der Waals surface area (Å²) < 4.78 is 5.80. The number of fused-ring (bicyclic) bond motifs is 1. The first kappa shape index (κ1) is 20.4. The van der Waals surface area contributed by atoms with Crippen LogP contribution in [0.25, 0.3) is 10.8 Å². The second-order valence-electron chi connectivity index (χ2n) is 6.90. The van der Waals surface area contributed by atoms with Crippen molar-refractivity contribution in [1.29, 1.82) is 0 Å². The topological polar surface area (TPSA) is 89.4 Å². The second-order valence-corrected chi connectivity index (χ2v) is 10.2. The van der Waals surface area contributed by atoms with Gasteiger partial charge >= 0.3 is 174 Å². The molecular formula is C20H18AsN2O4S. The van der Waals surface area contributed by atoms with Gasteiger partial charge in [-0.05, 0) is 0 Å². The Morgan fingerprint density at radius 3 is 2.61 bits per heavy atom. The van der Waals surface area contributed by atoms with Crippen LogP contribution < -0.4 is 4.48 Å². The van der Waals surface area contributed by atoms with Gasteiger partial charge in [0.25, 0.3) is 0 Å². The van der Waals surface area contributed by atoms with Crippen molar-refractivity contribution in [1.82, 2.24) is 9.97 Å². The molecule has 1 N–H and O–H groups in total. The minimum absolute atomic E-state index is 0.245. The summed E-state index contributed by atoms with van der Waals surface area (Å²) in [7, 11) is 0. The molecule has 0 aliphatic heterocycles. The summed E-state index contributed by atoms with van der Waals surface area (Å²) in [5.41, 5.74) is -0.239. The molecule has 0 fully saturated rings. The zero-order valence-electron chi connectivity index (χ0n) is 15.5. The van der Waals surface area contributed by atoms with Crippen LogP contribution in [0, 0.1) is 0 Å². The maximum atomic E-state index is 12.0. The van der Waals surface area contributed by atoms with Gasteiger partial charge in [0.2, 0.25) is 0 Å². The number of carbonyl (C=O) groups is 2. The van der Waals surface area contributed by atoms with E-state index in [1.54, 1.807) is 24.3 Å². The monoisotopic (exact) mass is 457 g/mol. The maximum absolute atomic E-state index is 12.0. The molecule has 0 spiro atoms. The van der Waals surface area contributed by atoms with Crippen LogP contribution in [0.5, 0.6) is 0 Å². The predicted molar refractivity (Wildman–Crippen MR) is 109 cm³/mol. The molecule has 1 heterocycles. The Morgan fingerprint density at radius 1 is 1.11 bits per heavy atom. The molecule has 0 aliphatic carbocycles. The quantitative estimate of drug-likeness (QED) is 0.461. The number of benzene rings is 2. The Bertz CT molecular complexity index is 1050. The van der Waals surface area contributed by atoms with E-state index in [-0.39, 0.29) is 10.3 Å². The number of carbonyl (C=O) groups excluding carboxylic acids is 1. The Hall–Kier alpha value is -2.37. The molecule has 0 atom stereocenters. The van der Waals surface area contributed by atoms with Gasteiger partial charge in [-0.15, -0.1) is 0 Å². The Kier molecular flexibility index (Phi) is 6.06. The third-order valence-corrected chi connectivity index (χ3v) is 6.02. The predicted octanol–water partition coefficient (Wildman–Crippen LogP) is 3.74. The fourth-order valence-electron chi connectivity index (χ4n) is 2.46. The summed E-state index contributed by atoms with van der Waals surface area (Å²) in [6.45, 7) is 5.51. The van der Waals surface area contributed by atoms with Crippen LogP contribution in [0.3, 0.4) is 0 Å². The number of ether oxygens (including phenoxy) is 1. The average Bonchev–Trinajstić information content (AvgIpc) is 2.59. The van der Waals surface area contributed by atoms with E-state index in [9.17, 15) is 14.7 Å². The molecule has 0 unspecified atom stereocenters. The van der Waals surface area contributed by atoms with Gasteiger partial charge in [0.1, 0.15) is 0 Å². The van der Waals surface area contributed by atoms with Crippen LogP contribution in [0.1, 0.15) is 31.1 Å². The summed E-state index contributed by atoms with van der Waals surface area (Å²) in [5, 5.41) is 11.6. The molecule has 0 aliphatic rings. The number of hydrogen-bond acceptors (Lipinski definition) is 6. The SMILES string of the molecule is CC(C)(C)OC(=O)[As]c1cc(Sc2ccc3c(C(=O)O)cccc3c2)ncn1. The Labute approximate surface area is 173 Å². The summed E-state index contributed by atoms with van der Waals surface area (Å²) in [4.78, 5) is 32.8. The van der Waals surface area contributed by atoms with Crippen molar-refractivity contribution in [3.63, 3.8) is 0 Å². The molecule has 8 heteroatoms. The molecule has 0 amide bonds. The van der Waals surface area contributed by atoms with Crippen molar-refractivity contribution in [2.24, 2.45) is 0 Å². The molecule has 0 saturated carbocycles. The summed E-state index contributed by atoms with van der Waals surface area (Å²) in [6.07, 6.45) is 1.45.